The highest BCUT2D eigenvalue weighted by molar-refractivity contribution is 9.14. The topological polar surface area (TPSA) is 95.9 Å². The van der Waals surface area contributed by atoms with Gasteiger partial charge in [0.15, 0.2) is 5.75 Å². The van der Waals surface area contributed by atoms with Gasteiger partial charge < -0.3 is 20.1 Å². The fraction of sp³-hybridized carbons (Fsp3) is 0.227. The van der Waals surface area contributed by atoms with Gasteiger partial charge in [-0.2, -0.15) is 11.8 Å². The zero-order chi connectivity index (χ0) is 26.0. The first kappa shape index (κ1) is 28.1. The number of carboxylic acids is 1. The third-order valence-electron chi connectivity index (χ3n) is 5.07. The molecule has 3 aromatic rings. The van der Waals surface area contributed by atoms with Gasteiger partial charge >= 0.3 is 5.97 Å². The molecule has 1 atom stereocenters. The normalized spacial score (nSPS) is 14.4. The Labute approximate surface area is 252 Å². The van der Waals surface area contributed by atoms with Crippen LogP contribution in [0.5, 0.6) is 5.75 Å². The Bertz CT molecular complexity index is 1310. The van der Waals surface area contributed by atoms with Crippen molar-refractivity contribution in [1.82, 2.24) is 4.90 Å². The predicted octanol–water partition coefficient (Wildman–Crippen LogP) is 7.51. The molecule has 1 aliphatic heterocycles. The molecule has 1 fully saturated rings. The molecule has 0 bridgehead atoms. The summed E-state index contributed by atoms with van der Waals surface area (Å²) in [5.41, 5.74) is 0.716. The van der Waals surface area contributed by atoms with Gasteiger partial charge in [-0.1, -0.05) is 18.2 Å². The Morgan fingerprint density at radius 1 is 0.944 bits per heavy atom. The number of ether oxygens (including phenoxy) is 1. The van der Waals surface area contributed by atoms with Gasteiger partial charge in [-0.25, -0.2) is 4.79 Å². The second-order valence-corrected chi connectivity index (χ2v) is 14.8. The first-order valence-electron chi connectivity index (χ1n) is 10.3. The van der Waals surface area contributed by atoms with E-state index in [1.54, 1.807) is 40.9 Å². The molecule has 4 rings (SSSR count). The van der Waals surface area contributed by atoms with Gasteiger partial charge in [0, 0.05) is 35.8 Å². The summed E-state index contributed by atoms with van der Waals surface area (Å²) in [7, 11) is 0. The largest absolute Gasteiger partial charge is 0.478 e. The van der Waals surface area contributed by atoms with Crippen LogP contribution in [0.15, 0.2) is 46.9 Å². The van der Waals surface area contributed by atoms with Gasteiger partial charge in [-0.15, -0.1) is 22.7 Å². The molecule has 36 heavy (non-hydrogen) atoms. The first-order chi connectivity index (χ1) is 17.2. The molecule has 2 N–H and O–H groups in total. The molecule has 14 heteroatoms. The number of halogens is 4. The van der Waals surface area contributed by atoms with Crippen LogP contribution < -0.4 is 10.1 Å². The molecule has 7 nitrogen and oxygen atoms in total. The van der Waals surface area contributed by atoms with E-state index < -0.39 is 18.0 Å². The number of para-hydroxylation sites is 1. The highest BCUT2D eigenvalue weighted by atomic mass is 79.9. The number of thioether (sulfide) groups is 1. The molecule has 3 heterocycles. The van der Waals surface area contributed by atoms with Crippen molar-refractivity contribution >= 4 is 122 Å². The van der Waals surface area contributed by atoms with E-state index in [1.807, 2.05) is 6.07 Å². The van der Waals surface area contributed by atoms with Crippen molar-refractivity contribution in [3.63, 3.8) is 0 Å². The van der Waals surface area contributed by atoms with Gasteiger partial charge in [0.25, 0.3) is 11.8 Å². The molecule has 0 aliphatic carbocycles. The third-order valence-corrected chi connectivity index (χ3v) is 12.9. The van der Waals surface area contributed by atoms with E-state index in [4.69, 9.17) is 4.74 Å². The van der Waals surface area contributed by atoms with Gasteiger partial charge in [0.2, 0.25) is 6.10 Å². The number of hydrogen-bond donors (Lipinski definition) is 2. The van der Waals surface area contributed by atoms with E-state index in [-0.39, 0.29) is 27.0 Å². The van der Waals surface area contributed by atoms with E-state index in [2.05, 4.69) is 69.0 Å². The van der Waals surface area contributed by atoms with Gasteiger partial charge in [0.05, 0.1) is 16.5 Å². The predicted molar refractivity (Wildman–Crippen MR) is 158 cm³/mol. The van der Waals surface area contributed by atoms with E-state index in [0.29, 0.717) is 35.3 Å². The Balaban J connectivity index is 1.71. The Morgan fingerprint density at radius 2 is 1.56 bits per heavy atom. The van der Waals surface area contributed by atoms with Crippen LogP contribution in [0.3, 0.4) is 0 Å². The molecule has 0 saturated carbocycles. The van der Waals surface area contributed by atoms with Crippen molar-refractivity contribution in [3.8, 4) is 5.75 Å². The van der Waals surface area contributed by atoms with Crippen molar-refractivity contribution in [2.75, 3.05) is 29.9 Å². The standard InChI is InChI=1S/C22H16Br4N2O5S3/c23-12-11(16(35-18(12)25)20(29)27-10-4-2-1-3-5-10)14(22(31)32)33-15-13(24)19(26)36-17(15)21(30)28-6-8-34-9-7-28/h1-5,14H,6-9H2,(H,27,29)(H,31,32). The number of carbonyl (C=O) groups excluding carboxylic acids is 2. The summed E-state index contributed by atoms with van der Waals surface area (Å²) in [6.07, 6.45) is -1.57. The van der Waals surface area contributed by atoms with E-state index in [0.717, 1.165) is 22.8 Å². The number of aliphatic carboxylic acids is 1. The van der Waals surface area contributed by atoms with Crippen LogP contribution in [0.25, 0.3) is 0 Å². The second-order valence-electron chi connectivity index (χ2n) is 7.34. The van der Waals surface area contributed by atoms with Gasteiger partial charge in [-0.05, 0) is 75.9 Å². The lowest BCUT2D eigenvalue weighted by atomic mass is 10.1. The van der Waals surface area contributed by atoms with Crippen LogP contribution in [0.2, 0.25) is 0 Å². The van der Waals surface area contributed by atoms with Crippen molar-refractivity contribution in [2.24, 2.45) is 0 Å². The minimum absolute atomic E-state index is 0.117. The maximum Gasteiger partial charge on any atom is 0.349 e. The lowest BCUT2D eigenvalue weighted by Gasteiger charge is -2.26. The number of rotatable bonds is 7. The first-order valence-corrected chi connectivity index (χ1v) is 16.2. The molecule has 1 unspecified atom stereocenters. The molecule has 1 saturated heterocycles. The number of carboxylic acid groups (broad SMARTS) is 1. The number of hydrogen-bond acceptors (Lipinski definition) is 7. The maximum atomic E-state index is 13.3. The average Bonchev–Trinajstić information content (AvgIpc) is 3.32. The maximum absolute atomic E-state index is 13.3. The molecule has 2 aromatic heterocycles. The minimum atomic E-state index is -1.57. The highest BCUT2D eigenvalue weighted by Gasteiger charge is 2.36. The molecule has 0 radical (unpaired) electrons. The van der Waals surface area contributed by atoms with Gasteiger partial charge in [0.1, 0.15) is 9.75 Å². The van der Waals surface area contributed by atoms with Crippen molar-refractivity contribution in [1.29, 1.82) is 0 Å². The smallest absolute Gasteiger partial charge is 0.349 e. The fourth-order valence-electron chi connectivity index (χ4n) is 3.38. The summed E-state index contributed by atoms with van der Waals surface area (Å²) >= 11 is 17.7. The highest BCUT2D eigenvalue weighted by Crippen LogP contribution is 2.48. The number of thiophene rings is 2. The van der Waals surface area contributed by atoms with Crippen LogP contribution in [-0.2, 0) is 4.79 Å². The summed E-state index contributed by atoms with van der Waals surface area (Å²) in [5, 5.41) is 13.0. The molecule has 1 aliphatic rings. The Kier molecular flexibility index (Phi) is 9.61. The minimum Gasteiger partial charge on any atom is -0.478 e. The van der Waals surface area contributed by atoms with Crippen molar-refractivity contribution < 1.29 is 24.2 Å². The zero-order valence-electron chi connectivity index (χ0n) is 18.1. The van der Waals surface area contributed by atoms with Crippen LogP contribution >= 0.6 is 98.2 Å². The Morgan fingerprint density at radius 3 is 2.19 bits per heavy atom. The SMILES string of the molecule is O=C(Nc1ccccc1)c1sc(Br)c(Br)c1C(Oc1c(C(=O)N2CCSCC2)sc(Br)c1Br)C(=O)O. The van der Waals surface area contributed by atoms with E-state index in [9.17, 15) is 19.5 Å². The van der Waals surface area contributed by atoms with Crippen molar-refractivity contribution in [2.45, 2.75) is 6.10 Å². The van der Waals surface area contributed by atoms with Gasteiger partial charge in [-0.3, -0.25) is 9.59 Å². The third kappa shape index (κ3) is 6.05. The van der Waals surface area contributed by atoms with Crippen LogP contribution in [0.4, 0.5) is 5.69 Å². The summed E-state index contributed by atoms with van der Waals surface area (Å²) in [6, 6.07) is 8.86. The number of amides is 2. The number of nitrogens with one attached hydrogen (secondary N) is 1. The van der Waals surface area contributed by atoms with Crippen LogP contribution in [0.1, 0.15) is 31.0 Å². The van der Waals surface area contributed by atoms with E-state index in [1.165, 1.54) is 11.3 Å². The summed E-state index contributed by atoms with van der Waals surface area (Å²) in [5.74, 6) is -0.219. The molecular formula is C22H16Br4N2O5S3. The summed E-state index contributed by atoms with van der Waals surface area (Å²) in [6.45, 7) is 1.20. The number of anilines is 1. The van der Waals surface area contributed by atoms with Crippen molar-refractivity contribution in [3.05, 3.63) is 62.2 Å². The molecular weight excluding hydrogens is 788 g/mol. The van der Waals surface area contributed by atoms with E-state index >= 15 is 0 Å². The van der Waals surface area contributed by atoms with Crippen LogP contribution in [-0.4, -0.2) is 52.4 Å². The molecule has 2 amide bonds. The monoisotopic (exact) mass is 800 g/mol. The van der Waals surface area contributed by atoms with Crippen LogP contribution in [0, 0.1) is 0 Å². The lowest BCUT2D eigenvalue weighted by molar-refractivity contribution is -0.145. The summed E-state index contributed by atoms with van der Waals surface area (Å²) in [4.78, 5) is 41.1. The summed E-state index contributed by atoms with van der Waals surface area (Å²) < 4.78 is 8.02. The zero-order valence-corrected chi connectivity index (χ0v) is 26.9. The molecule has 190 valence electrons. The number of carbonyl (C=O) groups is 3. The number of benzene rings is 1. The fourth-order valence-corrected chi connectivity index (χ4v) is 8.76. The Hall–Kier alpha value is -0.900. The molecule has 0 spiro atoms. The lowest BCUT2D eigenvalue weighted by Crippen LogP contribution is -2.37. The number of nitrogens with zero attached hydrogens (tertiary/aromatic N) is 1. The average molecular weight is 804 g/mol. The molecule has 1 aromatic carbocycles. The quantitative estimate of drug-likeness (QED) is 0.257. The second kappa shape index (κ2) is 12.3.